The van der Waals surface area contributed by atoms with Crippen molar-refractivity contribution in [3.05, 3.63) is 16.1 Å². The number of ether oxygens (including phenoxy) is 1. The van der Waals surface area contributed by atoms with Gasteiger partial charge in [-0.05, 0) is 45.3 Å². The van der Waals surface area contributed by atoms with Crippen molar-refractivity contribution in [3.8, 4) is 0 Å². The standard InChI is InChI=1S/C14H25N3OS/c1-12-16-10-14(19-12)11-17-6-3-13(4-7-17)9-15-5-8-18-2/h10,13,15H,3-9,11H2,1-2H3. The van der Waals surface area contributed by atoms with Crippen LogP contribution in [0.15, 0.2) is 6.20 Å². The minimum absolute atomic E-state index is 0.809. The average Bonchev–Trinajstić information content (AvgIpc) is 2.82. The summed E-state index contributed by atoms with van der Waals surface area (Å²) in [5.74, 6) is 0.830. The molecule has 2 heterocycles. The van der Waals surface area contributed by atoms with Crippen LogP contribution in [0.1, 0.15) is 22.7 Å². The Morgan fingerprint density at radius 1 is 1.47 bits per heavy atom. The number of aryl methyl sites for hydroxylation is 1. The first-order chi connectivity index (χ1) is 9.28. The molecule has 0 atom stereocenters. The number of piperidine rings is 1. The Labute approximate surface area is 120 Å². The highest BCUT2D eigenvalue weighted by molar-refractivity contribution is 7.11. The molecule has 1 aromatic rings. The van der Waals surface area contributed by atoms with Crippen molar-refractivity contribution in [2.75, 3.05) is 39.9 Å². The maximum absolute atomic E-state index is 5.04. The van der Waals surface area contributed by atoms with Gasteiger partial charge in [0.1, 0.15) is 0 Å². The lowest BCUT2D eigenvalue weighted by Gasteiger charge is -2.31. The summed E-state index contributed by atoms with van der Waals surface area (Å²) in [5.41, 5.74) is 0. The lowest BCUT2D eigenvalue weighted by atomic mass is 9.97. The molecule has 0 unspecified atom stereocenters. The molecule has 5 heteroatoms. The molecule has 1 aromatic heterocycles. The van der Waals surface area contributed by atoms with E-state index in [2.05, 4.69) is 22.1 Å². The van der Waals surface area contributed by atoms with Gasteiger partial charge in [0.2, 0.25) is 0 Å². The molecule has 0 saturated carbocycles. The number of methoxy groups -OCH3 is 1. The first-order valence-corrected chi connectivity index (χ1v) is 7.93. The second-order valence-electron chi connectivity index (χ2n) is 5.26. The largest absolute Gasteiger partial charge is 0.383 e. The molecule has 1 N–H and O–H groups in total. The molecule has 0 aliphatic carbocycles. The van der Waals surface area contributed by atoms with Crippen molar-refractivity contribution < 1.29 is 4.74 Å². The Morgan fingerprint density at radius 3 is 2.89 bits per heavy atom. The van der Waals surface area contributed by atoms with Gasteiger partial charge in [-0.15, -0.1) is 11.3 Å². The van der Waals surface area contributed by atoms with Crippen molar-refractivity contribution >= 4 is 11.3 Å². The molecule has 0 radical (unpaired) electrons. The van der Waals surface area contributed by atoms with Crippen LogP contribution in [0.5, 0.6) is 0 Å². The number of hydrogen-bond donors (Lipinski definition) is 1. The summed E-state index contributed by atoms with van der Waals surface area (Å²) >= 11 is 1.82. The summed E-state index contributed by atoms with van der Waals surface area (Å²) in [6, 6.07) is 0. The van der Waals surface area contributed by atoms with Gasteiger partial charge in [0.25, 0.3) is 0 Å². The van der Waals surface area contributed by atoms with Gasteiger partial charge >= 0.3 is 0 Å². The van der Waals surface area contributed by atoms with E-state index in [1.165, 1.54) is 35.8 Å². The van der Waals surface area contributed by atoms with E-state index in [4.69, 9.17) is 4.74 Å². The highest BCUT2D eigenvalue weighted by Gasteiger charge is 2.19. The average molecular weight is 283 g/mol. The second kappa shape index (κ2) is 7.94. The van der Waals surface area contributed by atoms with Crippen LogP contribution in [0, 0.1) is 12.8 Å². The van der Waals surface area contributed by atoms with E-state index >= 15 is 0 Å². The summed E-state index contributed by atoms with van der Waals surface area (Å²) in [7, 11) is 1.75. The normalized spacial score (nSPS) is 18.0. The Bertz CT molecular complexity index is 361. The lowest BCUT2D eigenvalue weighted by molar-refractivity contribution is 0.169. The summed E-state index contributed by atoms with van der Waals surface area (Å²) < 4.78 is 5.04. The molecule has 4 nitrogen and oxygen atoms in total. The van der Waals surface area contributed by atoms with Gasteiger partial charge in [0, 0.05) is 31.3 Å². The fourth-order valence-corrected chi connectivity index (χ4v) is 3.37. The zero-order chi connectivity index (χ0) is 13.5. The number of likely N-dealkylation sites (tertiary alicyclic amines) is 1. The van der Waals surface area contributed by atoms with Crippen LogP contribution in [-0.4, -0.2) is 49.8 Å². The van der Waals surface area contributed by atoms with Crippen LogP contribution in [0.3, 0.4) is 0 Å². The molecule has 0 aromatic carbocycles. The third kappa shape index (κ3) is 5.18. The van der Waals surface area contributed by atoms with E-state index in [0.29, 0.717) is 0 Å². The van der Waals surface area contributed by atoms with Gasteiger partial charge < -0.3 is 10.1 Å². The predicted octanol–water partition coefficient (Wildman–Crippen LogP) is 1.90. The van der Waals surface area contributed by atoms with E-state index in [-0.39, 0.29) is 0 Å². The van der Waals surface area contributed by atoms with Crippen molar-refractivity contribution in [2.24, 2.45) is 5.92 Å². The molecule has 0 amide bonds. The first kappa shape index (κ1) is 14.9. The molecule has 1 aliphatic rings. The number of rotatable bonds is 7. The zero-order valence-electron chi connectivity index (χ0n) is 12.0. The smallest absolute Gasteiger partial charge is 0.0897 e. The monoisotopic (exact) mass is 283 g/mol. The van der Waals surface area contributed by atoms with Gasteiger partial charge in [-0.25, -0.2) is 4.98 Å². The Hall–Kier alpha value is -0.490. The summed E-state index contributed by atoms with van der Waals surface area (Å²) in [6.45, 7) is 8.50. The summed E-state index contributed by atoms with van der Waals surface area (Å²) in [6.07, 6.45) is 4.63. The molecule has 19 heavy (non-hydrogen) atoms. The summed E-state index contributed by atoms with van der Waals surface area (Å²) in [5, 5.41) is 4.65. The molecule has 1 saturated heterocycles. The summed E-state index contributed by atoms with van der Waals surface area (Å²) in [4.78, 5) is 8.28. The van der Waals surface area contributed by atoms with Crippen molar-refractivity contribution in [1.82, 2.24) is 15.2 Å². The molecule has 1 fully saturated rings. The van der Waals surface area contributed by atoms with Gasteiger partial charge in [0.15, 0.2) is 0 Å². The number of nitrogens with zero attached hydrogens (tertiary/aromatic N) is 2. The first-order valence-electron chi connectivity index (χ1n) is 7.11. The molecule has 1 aliphatic heterocycles. The highest BCUT2D eigenvalue weighted by atomic mass is 32.1. The van der Waals surface area contributed by atoms with Gasteiger partial charge in [-0.2, -0.15) is 0 Å². The van der Waals surface area contributed by atoms with E-state index < -0.39 is 0 Å². The van der Waals surface area contributed by atoms with Crippen LogP contribution in [0.25, 0.3) is 0 Å². The third-order valence-corrected chi connectivity index (χ3v) is 4.57. The van der Waals surface area contributed by atoms with Crippen LogP contribution < -0.4 is 5.32 Å². The minimum atomic E-state index is 0.809. The Balaban J connectivity index is 1.62. The maximum Gasteiger partial charge on any atom is 0.0897 e. The van der Waals surface area contributed by atoms with Crippen molar-refractivity contribution in [2.45, 2.75) is 26.3 Å². The second-order valence-corrected chi connectivity index (χ2v) is 6.58. The highest BCUT2D eigenvalue weighted by Crippen LogP contribution is 2.20. The van der Waals surface area contributed by atoms with Crippen LogP contribution in [-0.2, 0) is 11.3 Å². The van der Waals surface area contributed by atoms with E-state index in [9.17, 15) is 0 Å². The Morgan fingerprint density at radius 2 is 2.26 bits per heavy atom. The quantitative estimate of drug-likeness (QED) is 0.776. The van der Waals surface area contributed by atoms with Crippen molar-refractivity contribution in [3.63, 3.8) is 0 Å². The SMILES string of the molecule is COCCNCC1CCN(Cc2cnc(C)s2)CC1. The lowest BCUT2D eigenvalue weighted by Crippen LogP contribution is -2.37. The van der Waals surface area contributed by atoms with E-state index in [1.54, 1.807) is 7.11 Å². The van der Waals surface area contributed by atoms with Gasteiger partial charge in [-0.3, -0.25) is 4.90 Å². The third-order valence-electron chi connectivity index (χ3n) is 3.67. The molecule has 108 valence electrons. The molecular weight excluding hydrogens is 258 g/mol. The molecule has 2 rings (SSSR count). The number of hydrogen-bond acceptors (Lipinski definition) is 5. The maximum atomic E-state index is 5.04. The van der Waals surface area contributed by atoms with Gasteiger partial charge in [0.05, 0.1) is 11.6 Å². The van der Waals surface area contributed by atoms with Crippen LogP contribution in [0.2, 0.25) is 0 Å². The fourth-order valence-electron chi connectivity index (χ4n) is 2.53. The van der Waals surface area contributed by atoms with Crippen LogP contribution in [0.4, 0.5) is 0 Å². The predicted molar refractivity (Wildman–Crippen MR) is 79.6 cm³/mol. The number of nitrogens with one attached hydrogen (secondary N) is 1. The zero-order valence-corrected chi connectivity index (χ0v) is 12.8. The number of thiazole rings is 1. The fraction of sp³-hybridized carbons (Fsp3) is 0.786. The minimum Gasteiger partial charge on any atom is -0.383 e. The van der Waals surface area contributed by atoms with E-state index in [1.807, 2.05) is 17.5 Å². The van der Waals surface area contributed by atoms with E-state index in [0.717, 1.165) is 32.2 Å². The van der Waals surface area contributed by atoms with Crippen molar-refractivity contribution in [1.29, 1.82) is 0 Å². The molecule has 0 bridgehead atoms. The molecule has 0 spiro atoms. The molecular formula is C14H25N3OS. The van der Waals surface area contributed by atoms with Gasteiger partial charge in [-0.1, -0.05) is 0 Å². The van der Waals surface area contributed by atoms with Crippen LogP contribution >= 0.6 is 11.3 Å². The number of aromatic nitrogens is 1. The Kier molecular flexibility index (Phi) is 6.23. The topological polar surface area (TPSA) is 37.4 Å².